The van der Waals surface area contributed by atoms with Gasteiger partial charge in [0, 0.05) is 10.3 Å². The number of aromatic nitrogens is 1. The Hall–Kier alpha value is -0.410. The van der Waals surface area contributed by atoms with Crippen LogP contribution in [0.4, 0.5) is 0 Å². The molecule has 0 aliphatic carbocycles. The molecule has 1 aromatic rings. The predicted molar refractivity (Wildman–Crippen MR) is 50.7 cm³/mol. The number of rotatable bonds is 3. The van der Waals surface area contributed by atoms with Crippen molar-refractivity contribution in [1.29, 1.82) is 0 Å². The van der Waals surface area contributed by atoms with E-state index in [0.717, 1.165) is 11.2 Å². The van der Waals surface area contributed by atoms with E-state index in [9.17, 15) is 4.79 Å². The molecule has 12 heavy (non-hydrogen) atoms. The molecule has 0 amide bonds. The summed E-state index contributed by atoms with van der Waals surface area (Å²) >= 11 is 7.28. The molecular formula is C8H10ClNOS. The van der Waals surface area contributed by atoms with Crippen LogP contribution in [0.15, 0.2) is 5.51 Å². The van der Waals surface area contributed by atoms with Gasteiger partial charge in [-0.25, -0.2) is 4.98 Å². The zero-order valence-corrected chi connectivity index (χ0v) is 8.58. The molecule has 0 aliphatic rings. The van der Waals surface area contributed by atoms with Crippen molar-refractivity contribution in [1.82, 2.24) is 4.98 Å². The fourth-order valence-corrected chi connectivity index (χ4v) is 2.02. The topological polar surface area (TPSA) is 30.0 Å². The highest BCUT2D eigenvalue weighted by molar-refractivity contribution is 7.10. The average molecular weight is 204 g/mol. The smallest absolute Gasteiger partial charge is 0.143 e. The van der Waals surface area contributed by atoms with E-state index in [1.807, 2.05) is 13.8 Å². The highest BCUT2D eigenvalue weighted by atomic mass is 35.5. The second-order valence-corrected chi connectivity index (χ2v) is 4.65. The Labute approximate surface area is 80.6 Å². The van der Waals surface area contributed by atoms with Crippen LogP contribution in [0.2, 0.25) is 5.15 Å². The standard InChI is InChI=1S/C8H10ClNOS/c1-8(2,4-11)3-6-7(9)10-5-12-6/h4-5H,3H2,1-2H3. The van der Waals surface area contributed by atoms with E-state index < -0.39 is 0 Å². The highest BCUT2D eigenvalue weighted by Crippen LogP contribution is 2.26. The molecule has 0 saturated heterocycles. The van der Waals surface area contributed by atoms with Crippen molar-refractivity contribution >= 4 is 29.2 Å². The lowest BCUT2D eigenvalue weighted by molar-refractivity contribution is -0.114. The van der Waals surface area contributed by atoms with Gasteiger partial charge in [0.2, 0.25) is 0 Å². The van der Waals surface area contributed by atoms with Gasteiger partial charge in [-0.1, -0.05) is 25.4 Å². The molecule has 0 fully saturated rings. The number of carbonyl (C=O) groups is 1. The molecule has 0 saturated carbocycles. The summed E-state index contributed by atoms with van der Waals surface area (Å²) in [6.07, 6.45) is 1.61. The molecule has 4 heteroatoms. The summed E-state index contributed by atoms with van der Waals surface area (Å²) in [6.45, 7) is 3.77. The van der Waals surface area contributed by atoms with E-state index in [4.69, 9.17) is 11.6 Å². The van der Waals surface area contributed by atoms with Gasteiger partial charge in [0.1, 0.15) is 11.4 Å². The number of aldehydes is 1. The Kier molecular flexibility index (Phi) is 2.85. The first-order valence-electron chi connectivity index (χ1n) is 3.59. The molecule has 0 radical (unpaired) electrons. The number of hydrogen-bond acceptors (Lipinski definition) is 3. The summed E-state index contributed by atoms with van der Waals surface area (Å²) in [4.78, 5) is 15.5. The minimum atomic E-state index is -0.337. The van der Waals surface area contributed by atoms with Crippen molar-refractivity contribution in [3.05, 3.63) is 15.5 Å². The summed E-state index contributed by atoms with van der Waals surface area (Å²) in [7, 11) is 0. The van der Waals surface area contributed by atoms with Gasteiger partial charge in [-0.2, -0.15) is 0 Å². The van der Waals surface area contributed by atoms with Crippen LogP contribution in [0.5, 0.6) is 0 Å². The van der Waals surface area contributed by atoms with Crippen LogP contribution in [0.25, 0.3) is 0 Å². The largest absolute Gasteiger partial charge is 0.303 e. The molecular weight excluding hydrogens is 194 g/mol. The second kappa shape index (κ2) is 3.54. The first-order chi connectivity index (χ1) is 5.55. The van der Waals surface area contributed by atoms with E-state index in [1.54, 1.807) is 5.51 Å². The first kappa shape index (κ1) is 9.68. The number of thiazole rings is 1. The molecule has 0 atom stereocenters. The molecule has 1 aromatic heterocycles. The van der Waals surface area contributed by atoms with E-state index >= 15 is 0 Å². The SMILES string of the molecule is CC(C)(C=O)Cc1scnc1Cl. The first-order valence-corrected chi connectivity index (χ1v) is 4.85. The third-order valence-corrected chi connectivity index (χ3v) is 2.80. The van der Waals surface area contributed by atoms with Gasteiger partial charge in [-0.15, -0.1) is 11.3 Å². The number of nitrogens with zero attached hydrogens (tertiary/aromatic N) is 1. The Morgan fingerprint density at radius 1 is 1.75 bits per heavy atom. The predicted octanol–water partition coefficient (Wildman–Crippen LogP) is 2.56. The number of carbonyl (C=O) groups excluding carboxylic acids is 1. The van der Waals surface area contributed by atoms with Gasteiger partial charge >= 0.3 is 0 Å². The van der Waals surface area contributed by atoms with E-state index in [1.165, 1.54) is 11.3 Å². The molecule has 1 heterocycles. The number of hydrogen-bond donors (Lipinski definition) is 0. The van der Waals surface area contributed by atoms with E-state index in [0.29, 0.717) is 11.6 Å². The van der Waals surface area contributed by atoms with Crippen molar-refractivity contribution in [3.8, 4) is 0 Å². The maximum atomic E-state index is 10.6. The minimum absolute atomic E-state index is 0.337. The minimum Gasteiger partial charge on any atom is -0.303 e. The quantitative estimate of drug-likeness (QED) is 0.707. The Morgan fingerprint density at radius 2 is 2.42 bits per heavy atom. The van der Waals surface area contributed by atoms with E-state index in [2.05, 4.69) is 4.98 Å². The lowest BCUT2D eigenvalue weighted by Crippen LogP contribution is -2.15. The fraction of sp³-hybridized carbons (Fsp3) is 0.500. The molecule has 2 nitrogen and oxygen atoms in total. The summed E-state index contributed by atoms with van der Waals surface area (Å²) in [6, 6.07) is 0. The summed E-state index contributed by atoms with van der Waals surface area (Å²) in [5.74, 6) is 0. The van der Waals surface area contributed by atoms with E-state index in [-0.39, 0.29) is 5.41 Å². The molecule has 0 aromatic carbocycles. The highest BCUT2D eigenvalue weighted by Gasteiger charge is 2.19. The molecule has 0 spiro atoms. The maximum Gasteiger partial charge on any atom is 0.143 e. The van der Waals surface area contributed by atoms with Crippen molar-refractivity contribution in [2.75, 3.05) is 0 Å². The van der Waals surface area contributed by atoms with Gasteiger partial charge in [-0.05, 0) is 6.42 Å². The Bertz CT molecular complexity index is 282. The van der Waals surface area contributed by atoms with Crippen LogP contribution in [0.1, 0.15) is 18.7 Å². The van der Waals surface area contributed by atoms with Gasteiger partial charge in [-0.3, -0.25) is 0 Å². The molecule has 66 valence electrons. The van der Waals surface area contributed by atoms with Crippen molar-refractivity contribution < 1.29 is 4.79 Å². The summed E-state index contributed by atoms with van der Waals surface area (Å²) in [5, 5.41) is 0.523. The van der Waals surface area contributed by atoms with Crippen molar-refractivity contribution in [2.45, 2.75) is 20.3 Å². The summed E-state index contributed by atoms with van der Waals surface area (Å²) in [5.41, 5.74) is 1.36. The molecule has 0 bridgehead atoms. The van der Waals surface area contributed by atoms with Crippen LogP contribution in [-0.4, -0.2) is 11.3 Å². The third-order valence-electron chi connectivity index (χ3n) is 1.53. The molecule has 1 rings (SSSR count). The lowest BCUT2D eigenvalue weighted by Gasteiger charge is -2.14. The zero-order chi connectivity index (χ0) is 9.19. The Balaban J connectivity index is 2.76. The van der Waals surface area contributed by atoms with Gasteiger partial charge < -0.3 is 4.79 Å². The van der Waals surface area contributed by atoms with Crippen LogP contribution >= 0.6 is 22.9 Å². The maximum absolute atomic E-state index is 10.6. The Morgan fingerprint density at radius 3 is 2.83 bits per heavy atom. The fourth-order valence-electron chi connectivity index (χ4n) is 0.827. The van der Waals surface area contributed by atoms with Crippen LogP contribution < -0.4 is 0 Å². The second-order valence-electron chi connectivity index (χ2n) is 3.35. The number of halogens is 1. The third kappa shape index (κ3) is 2.29. The summed E-state index contributed by atoms with van der Waals surface area (Å²) < 4.78 is 0. The average Bonchev–Trinajstić information content (AvgIpc) is 2.36. The molecule has 0 unspecified atom stereocenters. The monoisotopic (exact) mass is 203 g/mol. The van der Waals surface area contributed by atoms with Gasteiger partial charge in [0.15, 0.2) is 0 Å². The van der Waals surface area contributed by atoms with Crippen LogP contribution in [0.3, 0.4) is 0 Å². The molecule has 0 N–H and O–H groups in total. The van der Waals surface area contributed by atoms with Gasteiger partial charge in [0.25, 0.3) is 0 Å². The lowest BCUT2D eigenvalue weighted by atomic mass is 9.91. The van der Waals surface area contributed by atoms with Gasteiger partial charge in [0.05, 0.1) is 5.51 Å². The van der Waals surface area contributed by atoms with Crippen molar-refractivity contribution in [3.63, 3.8) is 0 Å². The molecule has 0 aliphatic heterocycles. The normalized spacial score (nSPS) is 11.6. The van der Waals surface area contributed by atoms with Crippen LogP contribution in [-0.2, 0) is 11.2 Å². The zero-order valence-electron chi connectivity index (χ0n) is 7.00. The van der Waals surface area contributed by atoms with Crippen LogP contribution in [0, 0.1) is 5.41 Å². The van der Waals surface area contributed by atoms with Crippen molar-refractivity contribution in [2.24, 2.45) is 5.41 Å².